The second-order valence-electron chi connectivity index (χ2n) is 5.21. The Balaban J connectivity index is 2.50. The van der Waals surface area contributed by atoms with Crippen molar-refractivity contribution in [1.82, 2.24) is 9.97 Å². The van der Waals surface area contributed by atoms with Crippen molar-refractivity contribution >= 4 is 17.3 Å². The summed E-state index contributed by atoms with van der Waals surface area (Å²) in [6.45, 7) is 5.94. The van der Waals surface area contributed by atoms with Crippen molar-refractivity contribution < 1.29 is 4.39 Å². The molecule has 0 aliphatic heterocycles. The Labute approximate surface area is 124 Å². The minimum atomic E-state index is -0.265. The van der Waals surface area contributed by atoms with E-state index in [2.05, 4.69) is 15.4 Å². The SMILES string of the molecule is Cc1c(NN)nc(C(C)C)nc1N(C)c1ccc(F)cc1. The molecule has 0 saturated heterocycles. The van der Waals surface area contributed by atoms with Crippen molar-refractivity contribution in [2.75, 3.05) is 17.4 Å². The molecule has 1 aromatic heterocycles. The third-order valence-corrected chi connectivity index (χ3v) is 3.32. The van der Waals surface area contributed by atoms with Crippen LogP contribution in [0.1, 0.15) is 31.2 Å². The average Bonchev–Trinajstić information content (AvgIpc) is 2.47. The minimum absolute atomic E-state index is 0.179. The summed E-state index contributed by atoms with van der Waals surface area (Å²) in [7, 11) is 1.88. The molecule has 0 amide bonds. The lowest BCUT2D eigenvalue weighted by molar-refractivity contribution is 0.628. The Morgan fingerprint density at radius 1 is 1.19 bits per heavy atom. The Kier molecular flexibility index (Phi) is 4.37. The van der Waals surface area contributed by atoms with Gasteiger partial charge >= 0.3 is 0 Å². The maximum absolute atomic E-state index is 13.0. The van der Waals surface area contributed by atoms with Crippen molar-refractivity contribution in [3.8, 4) is 0 Å². The highest BCUT2D eigenvalue weighted by Crippen LogP contribution is 2.29. The topological polar surface area (TPSA) is 67.1 Å². The van der Waals surface area contributed by atoms with Crippen molar-refractivity contribution in [2.45, 2.75) is 26.7 Å². The molecule has 0 aliphatic carbocycles. The van der Waals surface area contributed by atoms with E-state index in [1.165, 1.54) is 12.1 Å². The second-order valence-corrected chi connectivity index (χ2v) is 5.21. The largest absolute Gasteiger partial charge is 0.329 e. The highest BCUT2D eigenvalue weighted by molar-refractivity contribution is 5.66. The summed E-state index contributed by atoms with van der Waals surface area (Å²) >= 11 is 0. The van der Waals surface area contributed by atoms with Gasteiger partial charge in [-0.05, 0) is 31.2 Å². The standard InChI is InChI=1S/C15H20FN5/c1-9(2)13-18-14(20-17)10(3)15(19-13)21(4)12-7-5-11(16)6-8-12/h5-9H,17H2,1-4H3,(H,18,19,20). The van der Waals surface area contributed by atoms with Crippen molar-refractivity contribution in [3.63, 3.8) is 0 Å². The molecule has 2 rings (SSSR count). The van der Waals surface area contributed by atoms with E-state index in [1.54, 1.807) is 12.1 Å². The summed E-state index contributed by atoms with van der Waals surface area (Å²) in [6.07, 6.45) is 0. The van der Waals surface area contributed by atoms with E-state index in [4.69, 9.17) is 5.84 Å². The third kappa shape index (κ3) is 3.11. The number of nitrogen functional groups attached to an aromatic ring is 1. The molecule has 5 nitrogen and oxygen atoms in total. The van der Waals surface area contributed by atoms with Gasteiger partial charge in [0.15, 0.2) is 0 Å². The van der Waals surface area contributed by atoms with Gasteiger partial charge in [-0.3, -0.25) is 0 Å². The van der Waals surface area contributed by atoms with Crippen LogP contribution in [0.3, 0.4) is 0 Å². The van der Waals surface area contributed by atoms with Crippen molar-refractivity contribution in [1.29, 1.82) is 0 Å². The van der Waals surface area contributed by atoms with Crippen LogP contribution >= 0.6 is 0 Å². The highest BCUT2D eigenvalue weighted by Gasteiger charge is 2.16. The molecule has 0 fully saturated rings. The van der Waals surface area contributed by atoms with Crippen molar-refractivity contribution in [3.05, 3.63) is 41.5 Å². The highest BCUT2D eigenvalue weighted by atomic mass is 19.1. The van der Waals surface area contributed by atoms with Gasteiger partial charge in [0.25, 0.3) is 0 Å². The number of aromatic nitrogens is 2. The second kappa shape index (κ2) is 6.05. The number of nitrogens with one attached hydrogen (secondary N) is 1. The zero-order valence-corrected chi connectivity index (χ0v) is 12.7. The normalized spacial score (nSPS) is 10.8. The van der Waals surface area contributed by atoms with Gasteiger partial charge < -0.3 is 10.3 Å². The molecule has 0 atom stereocenters. The summed E-state index contributed by atoms with van der Waals surface area (Å²) in [5.41, 5.74) is 4.29. The smallest absolute Gasteiger partial charge is 0.148 e. The minimum Gasteiger partial charge on any atom is -0.329 e. The lowest BCUT2D eigenvalue weighted by atomic mass is 10.2. The third-order valence-electron chi connectivity index (χ3n) is 3.32. The van der Waals surface area contributed by atoms with Crippen LogP contribution in [-0.2, 0) is 0 Å². The number of hydrogen-bond acceptors (Lipinski definition) is 5. The van der Waals surface area contributed by atoms with Gasteiger partial charge in [0.05, 0.1) is 0 Å². The summed E-state index contributed by atoms with van der Waals surface area (Å²) < 4.78 is 13.0. The number of rotatable bonds is 4. The summed E-state index contributed by atoms with van der Waals surface area (Å²) in [6, 6.07) is 6.27. The quantitative estimate of drug-likeness (QED) is 0.668. The van der Waals surface area contributed by atoms with Crippen LogP contribution in [-0.4, -0.2) is 17.0 Å². The molecular formula is C15H20FN5. The fraction of sp³-hybridized carbons (Fsp3) is 0.333. The zero-order valence-electron chi connectivity index (χ0n) is 12.7. The number of hydrazine groups is 1. The predicted molar refractivity (Wildman–Crippen MR) is 83.1 cm³/mol. The number of nitrogens with two attached hydrogens (primary N) is 1. The molecule has 2 aromatic rings. The molecule has 112 valence electrons. The van der Waals surface area contributed by atoms with Crippen LogP contribution in [0.5, 0.6) is 0 Å². The van der Waals surface area contributed by atoms with Crippen LogP contribution in [0.2, 0.25) is 0 Å². The first kappa shape index (κ1) is 15.2. The number of halogens is 1. The Hall–Kier alpha value is -2.21. The molecule has 1 aromatic carbocycles. The van der Waals surface area contributed by atoms with Crippen LogP contribution < -0.4 is 16.2 Å². The molecule has 0 radical (unpaired) electrons. The van der Waals surface area contributed by atoms with Gasteiger partial charge in [-0.1, -0.05) is 13.8 Å². The fourth-order valence-electron chi connectivity index (χ4n) is 2.03. The van der Waals surface area contributed by atoms with E-state index >= 15 is 0 Å². The maximum Gasteiger partial charge on any atom is 0.148 e. The Morgan fingerprint density at radius 3 is 2.33 bits per heavy atom. The van der Waals surface area contributed by atoms with Gasteiger partial charge in [-0.15, -0.1) is 0 Å². The molecule has 1 heterocycles. The lowest BCUT2D eigenvalue weighted by Crippen LogP contribution is -2.19. The first-order valence-electron chi connectivity index (χ1n) is 6.78. The molecule has 0 spiro atoms. The van der Waals surface area contributed by atoms with Crippen LogP contribution in [0.25, 0.3) is 0 Å². The molecule has 3 N–H and O–H groups in total. The van der Waals surface area contributed by atoms with Crippen LogP contribution in [0.4, 0.5) is 21.7 Å². The van der Waals surface area contributed by atoms with E-state index in [0.29, 0.717) is 11.6 Å². The molecule has 6 heteroatoms. The maximum atomic E-state index is 13.0. The summed E-state index contributed by atoms with van der Waals surface area (Å²) in [5.74, 6) is 7.50. The first-order chi connectivity index (χ1) is 9.93. The molecule has 0 aliphatic rings. The zero-order chi connectivity index (χ0) is 15.6. The monoisotopic (exact) mass is 289 g/mol. The Bertz CT molecular complexity index is 625. The van der Waals surface area contributed by atoms with Crippen LogP contribution in [0.15, 0.2) is 24.3 Å². The van der Waals surface area contributed by atoms with E-state index in [1.807, 2.05) is 32.7 Å². The van der Waals surface area contributed by atoms with Gasteiger partial charge in [0.1, 0.15) is 23.3 Å². The molecule has 0 unspecified atom stereocenters. The van der Waals surface area contributed by atoms with Gasteiger partial charge in [0, 0.05) is 24.2 Å². The molecule has 0 bridgehead atoms. The summed E-state index contributed by atoms with van der Waals surface area (Å²) in [5, 5.41) is 0. The van der Waals surface area contributed by atoms with E-state index in [0.717, 1.165) is 17.1 Å². The number of hydrogen-bond donors (Lipinski definition) is 2. The molecule has 21 heavy (non-hydrogen) atoms. The number of nitrogens with zero attached hydrogens (tertiary/aromatic N) is 3. The van der Waals surface area contributed by atoms with E-state index < -0.39 is 0 Å². The summed E-state index contributed by atoms with van der Waals surface area (Å²) in [4.78, 5) is 10.9. The molecule has 0 saturated carbocycles. The fourth-order valence-corrected chi connectivity index (χ4v) is 2.03. The first-order valence-corrected chi connectivity index (χ1v) is 6.78. The molecular weight excluding hydrogens is 269 g/mol. The van der Waals surface area contributed by atoms with Crippen LogP contribution in [0, 0.1) is 12.7 Å². The van der Waals surface area contributed by atoms with Gasteiger partial charge in [-0.2, -0.15) is 0 Å². The van der Waals surface area contributed by atoms with E-state index in [-0.39, 0.29) is 11.7 Å². The van der Waals surface area contributed by atoms with Crippen molar-refractivity contribution in [2.24, 2.45) is 5.84 Å². The van der Waals surface area contributed by atoms with E-state index in [9.17, 15) is 4.39 Å². The number of benzene rings is 1. The predicted octanol–water partition coefficient (Wildman–Crippen LogP) is 3.10. The Morgan fingerprint density at radius 2 is 1.81 bits per heavy atom. The van der Waals surface area contributed by atoms with Gasteiger partial charge in [-0.25, -0.2) is 20.2 Å². The number of anilines is 3. The average molecular weight is 289 g/mol. The van der Waals surface area contributed by atoms with Gasteiger partial charge in [0.2, 0.25) is 0 Å². The lowest BCUT2D eigenvalue weighted by Gasteiger charge is -2.23.